The maximum Gasteiger partial charge on any atom is 0.152 e. The van der Waals surface area contributed by atoms with E-state index in [2.05, 4.69) is 25.5 Å². The normalized spacial score (nSPS) is 21.7. The zero-order valence-corrected chi connectivity index (χ0v) is 14.6. The Morgan fingerprint density at radius 2 is 2.24 bits per heavy atom. The second kappa shape index (κ2) is 5.89. The first-order valence-electron chi connectivity index (χ1n) is 6.93. The molecule has 0 amide bonds. The molecule has 1 aromatic carbocycles. The SMILES string of the molecule is O=S1(=O)CCCC(n2c(CCCl)nc3cc(Br)ccc32)C1. The quantitative estimate of drug-likeness (QED) is 0.754. The molecule has 114 valence electrons. The van der Waals surface area contributed by atoms with Crippen molar-refractivity contribution < 1.29 is 8.42 Å². The van der Waals surface area contributed by atoms with Crippen molar-refractivity contribution in [2.24, 2.45) is 0 Å². The molecule has 1 aliphatic heterocycles. The number of halogens is 2. The summed E-state index contributed by atoms with van der Waals surface area (Å²) < 4.78 is 26.9. The van der Waals surface area contributed by atoms with Gasteiger partial charge in [0.15, 0.2) is 9.84 Å². The molecule has 1 saturated heterocycles. The number of hydrogen-bond acceptors (Lipinski definition) is 3. The molecule has 1 unspecified atom stereocenters. The average molecular weight is 392 g/mol. The first-order chi connectivity index (χ1) is 10.00. The van der Waals surface area contributed by atoms with Crippen LogP contribution in [0.4, 0.5) is 0 Å². The van der Waals surface area contributed by atoms with Gasteiger partial charge in [0.25, 0.3) is 0 Å². The molecular formula is C14H16BrClN2O2S. The van der Waals surface area contributed by atoms with Crippen molar-refractivity contribution in [1.29, 1.82) is 0 Å². The Bertz CT molecular complexity index is 773. The molecule has 3 rings (SSSR count). The highest BCUT2D eigenvalue weighted by atomic mass is 79.9. The minimum Gasteiger partial charge on any atom is -0.324 e. The monoisotopic (exact) mass is 390 g/mol. The highest BCUT2D eigenvalue weighted by molar-refractivity contribution is 9.10. The van der Waals surface area contributed by atoms with Crippen LogP contribution in [0, 0.1) is 0 Å². The van der Waals surface area contributed by atoms with Gasteiger partial charge < -0.3 is 4.57 Å². The van der Waals surface area contributed by atoms with Crippen LogP contribution in [0.25, 0.3) is 11.0 Å². The second-order valence-corrected chi connectivity index (χ2v) is 8.90. The van der Waals surface area contributed by atoms with E-state index < -0.39 is 9.84 Å². The molecule has 7 heteroatoms. The van der Waals surface area contributed by atoms with E-state index in [0.717, 1.165) is 27.8 Å². The number of hydrogen-bond donors (Lipinski definition) is 0. The highest BCUT2D eigenvalue weighted by Crippen LogP contribution is 2.30. The number of aryl methyl sites for hydroxylation is 1. The molecule has 0 radical (unpaired) electrons. The van der Waals surface area contributed by atoms with Crippen LogP contribution in [0.15, 0.2) is 22.7 Å². The van der Waals surface area contributed by atoms with Gasteiger partial charge in [0.2, 0.25) is 0 Å². The van der Waals surface area contributed by atoms with Crippen molar-refractivity contribution in [3.63, 3.8) is 0 Å². The van der Waals surface area contributed by atoms with Crippen LogP contribution in [0.3, 0.4) is 0 Å². The molecule has 1 fully saturated rings. The summed E-state index contributed by atoms with van der Waals surface area (Å²) in [6.07, 6.45) is 2.23. The van der Waals surface area contributed by atoms with Crippen LogP contribution in [0.5, 0.6) is 0 Å². The van der Waals surface area contributed by atoms with Gasteiger partial charge >= 0.3 is 0 Å². The largest absolute Gasteiger partial charge is 0.324 e. The van der Waals surface area contributed by atoms with E-state index in [1.54, 1.807) is 0 Å². The number of imidazole rings is 1. The lowest BCUT2D eigenvalue weighted by molar-refractivity contribution is 0.468. The molecule has 0 spiro atoms. The van der Waals surface area contributed by atoms with Crippen molar-refractivity contribution in [2.45, 2.75) is 25.3 Å². The van der Waals surface area contributed by atoms with Gasteiger partial charge in [-0.05, 0) is 31.0 Å². The van der Waals surface area contributed by atoms with E-state index in [0.29, 0.717) is 24.5 Å². The van der Waals surface area contributed by atoms with Crippen LogP contribution in [-0.4, -0.2) is 35.4 Å². The van der Waals surface area contributed by atoms with Crippen LogP contribution in [-0.2, 0) is 16.3 Å². The van der Waals surface area contributed by atoms with Gasteiger partial charge in [0.1, 0.15) is 5.82 Å². The van der Waals surface area contributed by atoms with Gasteiger partial charge in [0.05, 0.1) is 22.5 Å². The molecular weight excluding hydrogens is 376 g/mol. The Morgan fingerprint density at radius 1 is 1.43 bits per heavy atom. The number of benzene rings is 1. The second-order valence-electron chi connectivity index (χ2n) is 5.38. The molecule has 2 aromatic rings. The molecule has 0 bridgehead atoms. The number of nitrogens with zero attached hydrogens (tertiary/aromatic N) is 2. The maximum absolute atomic E-state index is 11.9. The molecule has 0 aliphatic carbocycles. The first kappa shape index (κ1) is 15.3. The van der Waals surface area contributed by atoms with Crippen molar-refractivity contribution in [3.8, 4) is 0 Å². The molecule has 1 aliphatic rings. The summed E-state index contributed by atoms with van der Waals surface area (Å²) in [5.74, 6) is 1.85. The third kappa shape index (κ3) is 3.12. The van der Waals surface area contributed by atoms with Gasteiger partial charge in [-0.25, -0.2) is 13.4 Å². The fraction of sp³-hybridized carbons (Fsp3) is 0.500. The lowest BCUT2D eigenvalue weighted by Gasteiger charge is -2.25. The van der Waals surface area contributed by atoms with Crippen LogP contribution in [0.1, 0.15) is 24.7 Å². The predicted molar refractivity (Wildman–Crippen MR) is 88.8 cm³/mol. The fourth-order valence-electron chi connectivity index (χ4n) is 2.99. The smallest absolute Gasteiger partial charge is 0.152 e. The molecule has 1 aromatic heterocycles. The van der Waals surface area contributed by atoms with Crippen molar-refractivity contribution in [2.75, 3.05) is 17.4 Å². The molecule has 1 atom stereocenters. The average Bonchev–Trinajstić information content (AvgIpc) is 2.75. The minimum atomic E-state index is -2.96. The van der Waals surface area contributed by atoms with E-state index in [9.17, 15) is 8.42 Å². The maximum atomic E-state index is 11.9. The zero-order valence-electron chi connectivity index (χ0n) is 11.4. The number of fused-ring (bicyclic) bond motifs is 1. The van der Waals surface area contributed by atoms with Gasteiger partial charge in [-0.3, -0.25) is 0 Å². The Labute approximate surface area is 137 Å². The Kier molecular flexibility index (Phi) is 4.30. The van der Waals surface area contributed by atoms with E-state index in [1.165, 1.54) is 0 Å². The standard InChI is InChI=1S/C14H16BrClN2O2S/c15-10-3-4-13-12(8-10)17-14(5-6-16)18(13)11-2-1-7-21(19,20)9-11/h3-4,8,11H,1-2,5-7,9H2. The topological polar surface area (TPSA) is 52.0 Å². The van der Waals surface area contributed by atoms with Crippen molar-refractivity contribution in [1.82, 2.24) is 9.55 Å². The number of aromatic nitrogens is 2. The number of sulfone groups is 1. The van der Waals surface area contributed by atoms with E-state index in [1.807, 2.05) is 18.2 Å². The fourth-order valence-corrected chi connectivity index (χ4v) is 5.19. The first-order valence-corrected chi connectivity index (χ1v) is 10.1. The highest BCUT2D eigenvalue weighted by Gasteiger charge is 2.28. The summed E-state index contributed by atoms with van der Waals surface area (Å²) in [5.41, 5.74) is 1.87. The Hall–Kier alpha value is -0.590. The Morgan fingerprint density at radius 3 is 2.95 bits per heavy atom. The molecule has 0 N–H and O–H groups in total. The zero-order chi connectivity index (χ0) is 15.0. The van der Waals surface area contributed by atoms with E-state index >= 15 is 0 Å². The van der Waals surface area contributed by atoms with Crippen molar-refractivity contribution in [3.05, 3.63) is 28.5 Å². The molecule has 2 heterocycles. The molecule has 21 heavy (non-hydrogen) atoms. The number of alkyl halides is 1. The van der Waals surface area contributed by atoms with E-state index in [4.69, 9.17) is 11.6 Å². The number of rotatable bonds is 3. The summed E-state index contributed by atoms with van der Waals surface area (Å²) in [6, 6.07) is 5.88. The Balaban J connectivity index is 2.12. The summed E-state index contributed by atoms with van der Waals surface area (Å²) in [4.78, 5) is 4.64. The van der Waals surface area contributed by atoms with Gasteiger partial charge in [-0.1, -0.05) is 15.9 Å². The van der Waals surface area contributed by atoms with E-state index in [-0.39, 0.29) is 11.8 Å². The van der Waals surface area contributed by atoms with Gasteiger partial charge in [0, 0.05) is 22.8 Å². The third-order valence-electron chi connectivity index (χ3n) is 3.85. The summed E-state index contributed by atoms with van der Waals surface area (Å²) in [5, 5.41) is 0. The summed E-state index contributed by atoms with van der Waals surface area (Å²) in [6.45, 7) is 0. The summed E-state index contributed by atoms with van der Waals surface area (Å²) in [7, 11) is -2.96. The summed E-state index contributed by atoms with van der Waals surface area (Å²) >= 11 is 9.33. The van der Waals surface area contributed by atoms with Crippen LogP contribution < -0.4 is 0 Å². The third-order valence-corrected chi connectivity index (χ3v) is 6.33. The lowest BCUT2D eigenvalue weighted by Crippen LogP contribution is -2.28. The lowest BCUT2D eigenvalue weighted by atomic mass is 10.1. The predicted octanol–water partition coefficient (Wildman–Crippen LogP) is 3.33. The molecule has 4 nitrogen and oxygen atoms in total. The van der Waals surface area contributed by atoms with Gasteiger partial charge in [-0.15, -0.1) is 11.6 Å². The minimum absolute atomic E-state index is 0.0341. The van der Waals surface area contributed by atoms with Crippen molar-refractivity contribution >= 4 is 48.4 Å². The van der Waals surface area contributed by atoms with Crippen LogP contribution in [0.2, 0.25) is 0 Å². The van der Waals surface area contributed by atoms with Crippen LogP contribution >= 0.6 is 27.5 Å². The molecule has 0 saturated carbocycles. The van der Waals surface area contributed by atoms with Gasteiger partial charge in [-0.2, -0.15) is 0 Å².